The zero-order valence-corrected chi connectivity index (χ0v) is 11.7. The second-order valence-electron chi connectivity index (χ2n) is 5.66. The molecule has 3 rings (SSSR count). The highest BCUT2D eigenvalue weighted by Gasteiger charge is 2.46. The molecule has 1 saturated heterocycles. The number of amides is 2. The smallest absolute Gasteiger partial charge is 0.233 e. The van der Waals surface area contributed by atoms with E-state index < -0.39 is 5.41 Å². The van der Waals surface area contributed by atoms with Gasteiger partial charge < -0.3 is 0 Å². The molecule has 0 saturated carbocycles. The Morgan fingerprint density at radius 2 is 1.29 bits per heavy atom. The van der Waals surface area contributed by atoms with Gasteiger partial charge in [-0.05, 0) is 24.0 Å². The zero-order chi connectivity index (χ0) is 14.7. The Bertz CT molecular complexity index is 608. The van der Waals surface area contributed by atoms with E-state index in [0.29, 0.717) is 12.8 Å². The molecule has 21 heavy (non-hydrogen) atoms. The number of hydrogen-bond donors (Lipinski definition) is 1. The number of carbonyl (C=O) groups is 2. The van der Waals surface area contributed by atoms with Gasteiger partial charge in [-0.3, -0.25) is 14.9 Å². The Kier molecular flexibility index (Phi) is 3.57. The van der Waals surface area contributed by atoms with Gasteiger partial charge in [-0.15, -0.1) is 0 Å². The monoisotopic (exact) mass is 279 g/mol. The third-order valence-corrected chi connectivity index (χ3v) is 4.00. The molecular weight excluding hydrogens is 262 g/mol. The van der Waals surface area contributed by atoms with Crippen LogP contribution < -0.4 is 5.32 Å². The van der Waals surface area contributed by atoms with Crippen molar-refractivity contribution in [3.05, 3.63) is 71.8 Å². The Morgan fingerprint density at radius 3 is 1.67 bits per heavy atom. The average Bonchev–Trinajstić information content (AvgIpc) is 2.75. The molecule has 1 heterocycles. The van der Waals surface area contributed by atoms with Crippen molar-refractivity contribution in [2.45, 2.75) is 19.3 Å². The fourth-order valence-electron chi connectivity index (χ4n) is 3.01. The summed E-state index contributed by atoms with van der Waals surface area (Å²) in [6, 6.07) is 19.7. The lowest BCUT2D eigenvalue weighted by molar-refractivity contribution is -0.128. The highest BCUT2D eigenvalue weighted by molar-refractivity contribution is 6.06. The van der Waals surface area contributed by atoms with Crippen molar-refractivity contribution in [1.82, 2.24) is 5.32 Å². The summed E-state index contributed by atoms with van der Waals surface area (Å²) in [5.74, 6) is -0.327. The maximum absolute atomic E-state index is 12.4. The third kappa shape index (κ3) is 2.87. The summed E-state index contributed by atoms with van der Waals surface area (Å²) in [6.45, 7) is 0. The number of benzene rings is 2. The number of carbonyl (C=O) groups excluding carboxylic acids is 2. The molecule has 0 spiro atoms. The Hall–Kier alpha value is -2.42. The van der Waals surface area contributed by atoms with Crippen LogP contribution in [0.4, 0.5) is 0 Å². The number of rotatable bonds is 4. The van der Waals surface area contributed by atoms with Gasteiger partial charge in [0, 0.05) is 6.42 Å². The van der Waals surface area contributed by atoms with E-state index in [-0.39, 0.29) is 18.2 Å². The van der Waals surface area contributed by atoms with Crippen molar-refractivity contribution in [3.8, 4) is 0 Å². The van der Waals surface area contributed by atoms with Gasteiger partial charge in [-0.25, -0.2) is 0 Å². The molecule has 2 aromatic carbocycles. The van der Waals surface area contributed by atoms with Crippen LogP contribution in [0.1, 0.15) is 17.5 Å². The van der Waals surface area contributed by atoms with Crippen LogP contribution in [-0.4, -0.2) is 11.8 Å². The van der Waals surface area contributed by atoms with E-state index in [2.05, 4.69) is 5.32 Å². The first-order chi connectivity index (χ1) is 10.2. The van der Waals surface area contributed by atoms with E-state index in [0.717, 1.165) is 11.1 Å². The summed E-state index contributed by atoms with van der Waals surface area (Å²) in [5.41, 5.74) is 1.50. The number of nitrogens with one attached hydrogen (secondary N) is 1. The molecule has 3 heteroatoms. The maximum atomic E-state index is 12.4. The first-order valence-electron chi connectivity index (χ1n) is 7.10. The van der Waals surface area contributed by atoms with Crippen LogP contribution in [0.3, 0.4) is 0 Å². The molecule has 0 unspecified atom stereocenters. The molecular formula is C18H17NO2. The standard InChI is InChI=1S/C18H17NO2/c20-16-13-18(17(21)19-16,11-14-7-3-1-4-8-14)12-15-9-5-2-6-10-15/h1-10H,11-13H2,(H,19,20,21). The first kappa shape index (κ1) is 13.6. The van der Waals surface area contributed by atoms with Crippen molar-refractivity contribution in [1.29, 1.82) is 0 Å². The lowest BCUT2D eigenvalue weighted by atomic mass is 9.75. The van der Waals surface area contributed by atoms with Crippen molar-refractivity contribution >= 4 is 11.8 Å². The largest absolute Gasteiger partial charge is 0.296 e. The molecule has 3 nitrogen and oxygen atoms in total. The highest BCUT2D eigenvalue weighted by Crippen LogP contribution is 2.35. The van der Waals surface area contributed by atoms with E-state index in [9.17, 15) is 9.59 Å². The normalized spacial score (nSPS) is 16.8. The van der Waals surface area contributed by atoms with Crippen LogP contribution in [-0.2, 0) is 22.4 Å². The van der Waals surface area contributed by atoms with Gasteiger partial charge >= 0.3 is 0 Å². The van der Waals surface area contributed by atoms with E-state index in [1.54, 1.807) is 0 Å². The van der Waals surface area contributed by atoms with Crippen LogP contribution in [0.2, 0.25) is 0 Å². The zero-order valence-electron chi connectivity index (χ0n) is 11.7. The predicted molar refractivity (Wildman–Crippen MR) is 80.5 cm³/mol. The molecule has 2 aromatic rings. The van der Waals surface area contributed by atoms with Crippen LogP contribution in [0, 0.1) is 5.41 Å². The van der Waals surface area contributed by atoms with Crippen molar-refractivity contribution in [3.63, 3.8) is 0 Å². The van der Waals surface area contributed by atoms with Gasteiger partial charge in [0.05, 0.1) is 5.41 Å². The van der Waals surface area contributed by atoms with Crippen molar-refractivity contribution in [2.24, 2.45) is 5.41 Å². The molecule has 0 atom stereocenters. The Labute approximate surface area is 124 Å². The van der Waals surface area contributed by atoms with Crippen LogP contribution >= 0.6 is 0 Å². The van der Waals surface area contributed by atoms with Gasteiger partial charge in [0.15, 0.2) is 0 Å². The Balaban J connectivity index is 1.92. The SMILES string of the molecule is O=C1CC(Cc2ccccc2)(Cc2ccccc2)C(=O)N1. The van der Waals surface area contributed by atoms with Gasteiger partial charge in [0.1, 0.15) is 0 Å². The topological polar surface area (TPSA) is 46.2 Å². The van der Waals surface area contributed by atoms with Crippen LogP contribution in [0.15, 0.2) is 60.7 Å². The first-order valence-corrected chi connectivity index (χ1v) is 7.10. The summed E-state index contributed by atoms with van der Waals surface area (Å²) in [5, 5.41) is 2.47. The summed E-state index contributed by atoms with van der Waals surface area (Å²) in [7, 11) is 0. The fraction of sp³-hybridized carbons (Fsp3) is 0.222. The second kappa shape index (κ2) is 5.52. The minimum atomic E-state index is -0.667. The molecule has 106 valence electrons. The molecule has 0 bridgehead atoms. The average molecular weight is 279 g/mol. The number of hydrogen-bond acceptors (Lipinski definition) is 2. The van der Waals surface area contributed by atoms with E-state index in [1.165, 1.54) is 0 Å². The minimum absolute atomic E-state index is 0.153. The third-order valence-electron chi connectivity index (χ3n) is 4.00. The van der Waals surface area contributed by atoms with Crippen LogP contribution in [0.25, 0.3) is 0 Å². The van der Waals surface area contributed by atoms with Gasteiger partial charge in [-0.1, -0.05) is 60.7 Å². The highest BCUT2D eigenvalue weighted by atomic mass is 16.2. The van der Waals surface area contributed by atoms with Crippen LogP contribution in [0.5, 0.6) is 0 Å². The molecule has 0 radical (unpaired) electrons. The van der Waals surface area contributed by atoms with Gasteiger partial charge in [-0.2, -0.15) is 0 Å². The van der Waals surface area contributed by atoms with E-state index in [4.69, 9.17) is 0 Å². The summed E-state index contributed by atoms with van der Waals surface area (Å²) >= 11 is 0. The van der Waals surface area contributed by atoms with Crippen molar-refractivity contribution in [2.75, 3.05) is 0 Å². The summed E-state index contributed by atoms with van der Waals surface area (Å²) in [6.07, 6.45) is 1.43. The summed E-state index contributed by atoms with van der Waals surface area (Å²) < 4.78 is 0. The molecule has 2 amide bonds. The van der Waals surface area contributed by atoms with Crippen molar-refractivity contribution < 1.29 is 9.59 Å². The Morgan fingerprint density at radius 1 is 0.810 bits per heavy atom. The maximum Gasteiger partial charge on any atom is 0.233 e. The predicted octanol–water partition coefficient (Wildman–Crippen LogP) is 2.50. The molecule has 1 aliphatic rings. The summed E-state index contributed by atoms with van der Waals surface area (Å²) in [4.78, 5) is 24.1. The quantitative estimate of drug-likeness (QED) is 0.874. The second-order valence-corrected chi connectivity index (χ2v) is 5.66. The number of imide groups is 1. The van der Waals surface area contributed by atoms with E-state index >= 15 is 0 Å². The molecule has 0 aromatic heterocycles. The molecule has 0 aliphatic carbocycles. The minimum Gasteiger partial charge on any atom is -0.296 e. The van der Waals surface area contributed by atoms with Gasteiger partial charge in [0.2, 0.25) is 11.8 Å². The van der Waals surface area contributed by atoms with E-state index in [1.807, 2.05) is 60.7 Å². The fourth-order valence-corrected chi connectivity index (χ4v) is 3.01. The lowest BCUT2D eigenvalue weighted by Crippen LogP contribution is -2.35. The molecule has 1 fully saturated rings. The van der Waals surface area contributed by atoms with Gasteiger partial charge in [0.25, 0.3) is 0 Å². The molecule has 1 aliphatic heterocycles. The molecule has 1 N–H and O–H groups in total. The lowest BCUT2D eigenvalue weighted by Gasteiger charge is -2.25.